The number of hydrazone groups is 1. The van der Waals surface area contributed by atoms with Crippen LogP contribution in [0.5, 0.6) is 0 Å². The number of halogens is 4. The summed E-state index contributed by atoms with van der Waals surface area (Å²) >= 11 is 8.62. The molecule has 0 radical (unpaired) electrons. The van der Waals surface area contributed by atoms with Crippen molar-refractivity contribution in [3.05, 3.63) is 105 Å². The first-order valence-electron chi connectivity index (χ1n) is 11.0. The lowest BCUT2D eigenvalue weighted by atomic mass is 9.87. The fraction of sp³-hybridized carbons (Fsp3) is 0.0769. The van der Waals surface area contributed by atoms with Gasteiger partial charge in [-0.3, -0.25) is 5.41 Å². The largest absolute Gasteiger partial charge is 0.358 e. The predicted molar refractivity (Wildman–Crippen MR) is 162 cm³/mol. The normalized spacial score (nSPS) is 12.8. The van der Waals surface area contributed by atoms with E-state index in [9.17, 15) is 8.78 Å². The Morgan fingerprint density at radius 2 is 1.81 bits per heavy atom. The predicted octanol–water partition coefficient (Wildman–Crippen LogP) is 7.25. The highest BCUT2D eigenvalue weighted by atomic mass is 127. The highest BCUT2D eigenvalue weighted by Gasteiger charge is 2.18. The Bertz CT molecular complexity index is 1380. The minimum Gasteiger partial charge on any atom is -0.358 e. The number of hydrogen-bond donors (Lipinski definition) is 5. The standard InChI is InChI=1S/C26H25ClF2IN6P/c1-2-19(20-10-9-18(28)14-22(20)27)25(17-8-11-23(36-37-30)21(13-17)26(29)31)16-6-3-15(4-7-16)5-12-24(34-32)35-33/h3-14,31,36-37H,2,32-33H2,1H3,(H,34,35)/b12-5+,25-19+,31-26?. The molecule has 0 aromatic heterocycles. The minimum atomic E-state index is -1.04. The maximum atomic E-state index is 14.3. The summed E-state index contributed by atoms with van der Waals surface area (Å²) in [4.78, 5) is 0. The number of hydrazine groups is 1. The number of nitrogens with one attached hydrogen (secondary N) is 3. The summed E-state index contributed by atoms with van der Waals surface area (Å²) in [5, 5.41) is 14.6. The molecular formula is C26H25ClF2IN6P. The van der Waals surface area contributed by atoms with Crippen molar-refractivity contribution in [2.75, 3.05) is 5.09 Å². The molecule has 0 saturated heterocycles. The first kappa shape index (κ1) is 28.7. The molecule has 0 aliphatic carbocycles. The number of rotatable bonds is 9. The molecule has 11 heteroatoms. The van der Waals surface area contributed by atoms with Crippen LogP contribution < -0.4 is 22.2 Å². The van der Waals surface area contributed by atoms with Crippen LogP contribution in [0.4, 0.5) is 14.5 Å². The minimum absolute atomic E-state index is 0.155. The van der Waals surface area contributed by atoms with Crippen LogP contribution in [-0.4, -0.2) is 11.8 Å². The number of nitrogens with two attached hydrogens (primary N) is 2. The number of nitrogens with zero attached hydrogens (tertiary/aromatic N) is 1. The first-order chi connectivity index (χ1) is 17.8. The molecule has 0 heterocycles. The van der Waals surface area contributed by atoms with Gasteiger partial charge in [0, 0.05) is 12.1 Å². The highest BCUT2D eigenvalue weighted by molar-refractivity contribution is 14.2. The van der Waals surface area contributed by atoms with Crippen LogP contribution >= 0.6 is 40.0 Å². The third-order valence-corrected chi connectivity index (χ3v) is 7.04. The van der Waals surface area contributed by atoms with Crippen molar-refractivity contribution in [1.82, 2.24) is 5.43 Å². The van der Waals surface area contributed by atoms with Gasteiger partial charge in [-0.1, -0.05) is 61.0 Å². The quantitative estimate of drug-likeness (QED) is 0.0319. The van der Waals surface area contributed by atoms with Crippen molar-refractivity contribution in [1.29, 1.82) is 5.41 Å². The lowest BCUT2D eigenvalue weighted by Crippen LogP contribution is -2.29. The SMILES string of the molecule is CC/C(=C(/c1ccc(/C=C/C(=N/N)NN)cc1)c1ccc(NPI)c(C(=N)F)c1)c1ccc(F)cc1Cl. The molecule has 0 amide bonds. The van der Waals surface area contributed by atoms with Gasteiger partial charge in [0.15, 0.2) is 5.84 Å². The van der Waals surface area contributed by atoms with E-state index in [0.717, 1.165) is 22.3 Å². The van der Waals surface area contributed by atoms with Gasteiger partial charge in [0.2, 0.25) is 5.97 Å². The molecular weight excluding hydrogens is 628 g/mol. The Hall–Kier alpha value is -2.85. The molecule has 7 N–H and O–H groups in total. The van der Waals surface area contributed by atoms with Crippen LogP contribution in [0, 0.1) is 11.2 Å². The van der Waals surface area contributed by atoms with Crippen molar-refractivity contribution in [2.45, 2.75) is 13.3 Å². The molecule has 0 saturated carbocycles. The third-order valence-electron chi connectivity index (χ3n) is 5.56. The van der Waals surface area contributed by atoms with E-state index >= 15 is 0 Å². The summed E-state index contributed by atoms with van der Waals surface area (Å²) in [6.07, 6.45) is 4.31. The average Bonchev–Trinajstić information content (AvgIpc) is 2.89. The second-order valence-corrected chi connectivity index (χ2v) is 10.2. The summed E-state index contributed by atoms with van der Waals surface area (Å²) in [6, 6.07) is 17.2. The topological polar surface area (TPSA) is 112 Å². The lowest BCUT2D eigenvalue weighted by Gasteiger charge is -2.19. The van der Waals surface area contributed by atoms with E-state index in [1.54, 1.807) is 30.4 Å². The molecule has 3 rings (SSSR count). The Kier molecular flexibility index (Phi) is 10.6. The van der Waals surface area contributed by atoms with Crippen molar-refractivity contribution in [3.63, 3.8) is 0 Å². The van der Waals surface area contributed by atoms with Gasteiger partial charge in [-0.25, -0.2) is 10.2 Å². The molecule has 0 fully saturated rings. The first-order valence-corrected chi connectivity index (χ1v) is 15.5. The lowest BCUT2D eigenvalue weighted by molar-refractivity contribution is 0.628. The van der Waals surface area contributed by atoms with Crippen molar-refractivity contribution >= 4 is 74.7 Å². The van der Waals surface area contributed by atoms with Gasteiger partial charge in [0.1, 0.15) is 5.82 Å². The smallest absolute Gasteiger partial charge is 0.214 e. The second kappa shape index (κ2) is 13.6. The van der Waals surface area contributed by atoms with E-state index in [1.807, 2.05) is 37.3 Å². The summed E-state index contributed by atoms with van der Waals surface area (Å²) in [5.41, 5.74) is 7.81. The van der Waals surface area contributed by atoms with Gasteiger partial charge < -0.3 is 16.4 Å². The van der Waals surface area contributed by atoms with E-state index in [2.05, 4.69) is 37.7 Å². The van der Waals surface area contributed by atoms with E-state index in [4.69, 9.17) is 28.7 Å². The fourth-order valence-corrected chi connectivity index (χ4v) is 5.33. The van der Waals surface area contributed by atoms with Crippen LogP contribution in [0.2, 0.25) is 5.02 Å². The number of amidine groups is 1. The van der Waals surface area contributed by atoms with E-state index < -0.39 is 11.8 Å². The Morgan fingerprint density at radius 1 is 1.11 bits per heavy atom. The molecule has 0 aliphatic rings. The number of anilines is 1. The Morgan fingerprint density at radius 3 is 2.38 bits per heavy atom. The van der Waals surface area contributed by atoms with Gasteiger partial charge in [0.25, 0.3) is 0 Å². The van der Waals surface area contributed by atoms with Crippen molar-refractivity contribution in [3.8, 4) is 0 Å². The van der Waals surface area contributed by atoms with Crippen LogP contribution in [-0.2, 0) is 0 Å². The zero-order chi connectivity index (χ0) is 26.9. The second-order valence-electron chi connectivity index (χ2n) is 7.74. The maximum Gasteiger partial charge on any atom is 0.214 e. The summed E-state index contributed by atoms with van der Waals surface area (Å²) in [7, 11) is 0. The Labute approximate surface area is 234 Å². The molecule has 0 bridgehead atoms. The van der Waals surface area contributed by atoms with Crippen LogP contribution in [0.3, 0.4) is 0 Å². The molecule has 0 aliphatic heterocycles. The molecule has 192 valence electrons. The van der Waals surface area contributed by atoms with Crippen molar-refractivity contribution < 1.29 is 8.78 Å². The summed E-state index contributed by atoms with van der Waals surface area (Å²) in [5.74, 6) is 9.48. The highest BCUT2D eigenvalue weighted by Crippen LogP contribution is 2.39. The molecule has 37 heavy (non-hydrogen) atoms. The molecule has 3 aromatic carbocycles. The van der Waals surface area contributed by atoms with Crippen LogP contribution in [0.1, 0.15) is 41.2 Å². The van der Waals surface area contributed by atoms with Gasteiger partial charge >= 0.3 is 0 Å². The molecule has 1 atom stereocenters. The van der Waals surface area contributed by atoms with Gasteiger partial charge in [-0.05, 0) is 92.2 Å². The number of allylic oxidation sites excluding steroid dienone is 1. The van der Waals surface area contributed by atoms with Crippen LogP contribution in [0.25, 0.3) is 17.2 Å². The van der Waals surface area contributed by atoms with Crippen molar-refractivity contribution in [2.24, 2.45) is 16.8 Å². The molecule has 3 aromatic rings. The molecule has 6 nitrogen and oxygen atoms in total. The van der Waals surface area contributed by atoms with Crippen LogP contribution in [0.15, 0.2) is 71.8 Å². The average molecular weight is 653 g/mol. The maximum absolute atomic E-state index is 14.3. The fourth-order valence-electron chi connectivity index (χ4n) is 3.86. The van der Waals surface area contributed by atoms with Gasteiger partial charge in [-0.2, -0.15) is 9.49 Å². The zero-order valence-electron chi connectivity index (χ0n) is 19.7. The summed E-state index contributed by atoms with van der Waals surface area (Å²) in [6.45, 7) is 1.98. The zero-order valence-corrected chi connectivity index (χ0v) is 23.7. The Balaban J connectivity index is 2.25. The monoisotopic (exact) mass is 652 g/mol. The van der Waals surface area contributed by atoms with Gasteiger partial charge in [0.05, 0.1) is 10.6 Å². The van der Waals surface area contributed by atoms with E-state index in [-0.39, 0.29) is 10.6 Å². The molecule has 1 unspecified atom stereocenters. The third kappa shape index (κ3) is 7.13. The number of hydrogen-bond acceptors (Lipinski definition) is 5. The summed E-state index contributed by atoms with van der Waals surface area (Å²) < 4.78 is 28.1. The molecule has 0 spiro atoms. The number of benzene rings is 3. The van der Waals surface area contributed by atoms with E-state index in [1.165, 1.54) is 12.1 Å². The van der Waals surface area contributed by atoms with Gasteiger partial charge in [-0.15, -0.1) is 0 Å². The van der Waals surface area contributed by atoms with E-state index in [0.29, 0.717) is 35.4 Å².